The van der Waals surface area contributed by atoms with E-state index in [2.05, 4.69) is 111 Å². The van der Waals surface area contributed by atoms with Gasteiger partial charge in [-0.1, -0.05) is 68.8 Å². The van der Waals surface area contributed by atoms with Crippen molar-refractivity contribution in [2.45, 2.75) is 46.0 Å². The Morgan fingerprint density at radius 3 is 1.62 bits per heavy atom. The van der Waals surface area contributed by atoms with E-state index in [1.807, 2.05) is 0 Å². The molecule has 0 heterocycles. The Labute approximate surface area is 158 Å². The van der Waals surface area contributed by atoms with E-state index in [0.717, 1.165) is 12.8 Å². The maximum absolute atomic E-state index is 2.36. The molecule has 3 aromatic rings. The molecule has 0 radical (unpaired) electrons. The predicted octanol–water partition coefficient (Wildman–Crippen LogP) is 7.54. The van der Waals surface area contributed by atoms with E-state index in [4.69, 9.17) is 0 Å². The van der Waals surface area contributed by atoms with Crippen LogP contribution in [0.2, 0.25) is 0 Å². The van der Waals surface area contributed by atoms with Gasteiger partial charge in [-0.2, -0.15) is 0 Å². The highest BCUT2D eigenvalue weighted by molar-refractivity contribution is 5.76. The van der Waals surface area contributed by atoms with Gasteiger partial charge in [0.15, 0.2) is 0 Å². The molecule has 0 N–H and O–H groups in total. The maximum Gasteiger partial charge on any atom is 0.0461 e. The van der Waals surface area contributed by atoms with Crippen LogP contribution < -0.4 is 4.90 Å². The Bertz CT molecular complexity index is 812. The summed E-state index contributed by atoms with van der Waals surface area (Å²) in [4.78, 5) is 2.32. The largest absolute Gasteiger partial charge is 0.311 e. The molecule has 0 fully saturated rings. The van der Waals surface area contributed by atoms with Crippen molar-refractivity contribution in [3.05, 3.63) is 90.0 Å². The fraction of sp³-hybridized carbons (Fsp3) is 0.280. The molecule has 0 unspecified atom stereocenters. The average Bonchev–Trinajstić information content (AvgIpc) is 2.70. The Morgan fingerprint density at radius 1 is 0.654 bits per heavy atom. The summed E-state index contributed by atoms with van der Waals surface area (Å²) in [6, 6.07) is 28.4. The number of aryl methyl sites for hydroxylation is 1. The zero-order chi connectivity index (χ0) is 18.6. The molecule has 1 nitrogen and oxygen atoms in total. The molecule has 0 aliphatic carbocycles. The fourth-order valence-electron chi connectivity index (χ4n) is 3.39. The van der Waals surface area contributed by atoms with Gasteiger partial charge in [0.1, 0.15) is 0 Å². The summed E-state index contributed by atoms with van der Waals surface area (Å²) in [5.74, 6) is 0. The second-order valence-electron chi connectivity index (χ2n) is 7.32. The van der Waals surface area contributed by atoms with Crippen LogP contribution in [-0.2, 0) is 5.41 Å². The molecule has 1 heteroatoms. The van der Waals surface area contributed by atoms with E-state index in [0.29, 0.717) is 0 Å². The highest BCUT2D eigenvalue weighted by Crippen LogP contribution is 2.37. The lowest BCUT2D eigenvalue weighted by molar-refractivity contribution is 0.439. The average molecular weight is 344 g/mol. The Hall–Kier alpha value is -2.54. The topological polar surface area (TPSA) is 3.24 Å². The first-order valence-electron chi connectivity index (χ1n) is 9.60. The first kappa shape index (κ1) is 18.3. The van der Waals surface area contributed by atoms with Crippen LogP contribution in [0.1, 0.15) is 44.7 Å². The van der Waals surface area contributed by atoms with Crippen molar-refractivity contribution in [3.8, 4) is 0 Å². The van der Waals surface area contributed by atoms with Crippen LogP contribution in [0.4, 0.5) is 17.1 Å². The summed E-state index contributed by atoms with van der Waals surface area (Å²) in [6.45, 7) is 9.04. The van der Waals surface area contributed by atoms with Gasteiger partial charge in [0.05, 0.1) is 0 Å². The molecule has 0 amide bonds. The summed E-state index contributed by atoms with van der Waals surface area (Å²) >= 11 is 0. The summed E-state index contributed by atoms with van der Waals surface area (Å²) in [5.41, 5.74) is 6.50. The Balaban J connectivity index is 2.04. The Morgan fingerprint density at radius 2 is 1.12 bits per heavy atom. The molecule has 3 rings (SSSR count). The fourth-order valence-corrected chi connectivity index (χ4v) is 3.39. The van der Waals surface area contributed by atoms with Gasteiger partial charge in [-0.3, -0.25) is 0 Å². The first-order chi connectivity index (χ1) is 12.6. The molecule has 3 aromatic carbocycles. The quantitative estimate of drug-likeness (QED) is 0.447. The monoisotopic (exact) mass is 343 g/mol. The van der Waals surface area contributed by atoms with E-state index in [1.54, 1.807) is 0 Å². The lowest BCUT2D eigenvalue weighted by Crippen LogP contribution is -2.19. The number of para-hydroxylation sites is 1. The molecule has 0 bridgehead atoms. The second kappa shape index (κ2) is 7.78. The van der Waals surface area contributed by atoms with Gasteiger partial charge in [-0.15, -0.1) is 0 Å². The first-order valence-corrected chi connectivity index (χ1v) is 9.60. The SMILES string of the molecule is CCC(C)(CC)c1ccc(N(c2ccccc2)c2ccc(C)cc2)cc1. The predicted molar refractivity (Wildman–Crippen MR) is 114 cm³/mol. The second-order valence-corrected chi connectivity index (χ2v) is 7.32. The molecular formula is C25H29N. The van der Waals surface area contributed by atoms with Crippen molar-refractivity contribution >= 4 is 17.1 Å². The van der Waals surface area contributed by atoms with Crippen molar-refractivity contribution < 1.29 is 0 Å². The van der Waals surface area contributed by atoms with E-state index >= 15 is 0 Å². The number of nitrogens with zero attached hydrogens (tertiary/aromatic N) is 1. The van der Waals surface area contributed by atoms with Gasteiger partial charge in [-0.25, -0.2) is 0 Å². The van der Waals surface area contributed by atoms with E-state index in [9.17, 15) is 0 Å². The van der Waals surface area contributed by atoms with Gasteiger partial charge < -0.3 is 4.90 Å². The normalized spacial score (nSPS) is 11.4. The van der Waals surface area contributed by atoms with Crippen molar-refractivity contribution in [1.82, 2.24) is 0 Å². The number of hydrogen-bond donors (Lipinski definition) is 0. The van der Waals surface area contributed by atoms with Crippen molar-refractivity contribution in [1.29, 1.82) is 0 Å². The summed E-state index contributed by atoms with van der Waals surface area (Å²) < 4.78 is 0. The third kappa shape index (κ3) is 3.67. The van der Waals surface area contributed by atoms with Gasteiger partial charge >= 0.3 is 0 Å². The lowest BCUT2D eigenvalue weighted by Gasteiger charge is -2.29. The van der Waals surface area contributed by atoms with E-state index in [1.165, 1.54) is 28.2 Å². The molecule has 0 atom stereocenters. The van der Waals surface area contributed by atoms with E-state index in [-0.39, 0.29) is 5.41 Å². The maximum atomic E-state index is 2.36. The van der Waals surface area contributed by atoms with Crippen molar-refractivity contribution in [2.75, 3.05) is 4.90 Å². The third-order valence-corrected chi connectivity index (χ3v) is 5.69. The number of rotatable bonds is 6. The van der Waals surface area contributed by atoms with Crippen LogP contribution in [0, 0.1) is 6.92 Å². The minimum atomic E-state index is 0.250. The minimum Gasteiger partial charge on any atom is -0.311 e. The zero-order valence-corrected chi connectivity index (χ0v) is 16.4. The highest BCUT2D eigenvalue weighted by Gasteiger charge is 2.22. The van der Waals surface area contributed by atoms with Gasteiger partial charge in [0, 0.05) is 17.1 Å². The summed E-state index contributed by atoms with van der Waals surface area (Å²) in [7, 11) is 0. The van der Waals surface area contributed by atoms with E-state index < -0.39 is 0 Å². The number of anilines is 3. The third-order valence-electron chi connectivity index (χ3n) is 5.69. The van der Waals surface area contributed by atoms with Crippen LogP contribution in [0.3, 0.4) is 0 Å². The zero-order valence-electron chi connectivity index (χ0n) is 16.4. The van der Waals surface area contributed by atoms with Crippen LogP contribution >= 0.6 is 0 Å². The Kier molecular flexibility index (Phi) is 5.46. The van der Waals surface area contributed by atoms with Gasteiger partial charge in [-0.05, 0) is 67.1 Å². The van der Waals surface area contributed by atoms with Crippen LogP contribution in [0.5, 0.6) is 0 Å². The van der Waals surface area contributed by atoms with Crippen LogP contribution in [0.25, 0.3) is 0 Å². The minimum absolute atomic E-state index is 0.250. The smallest absolute Gasteiger partial charge is 0.0461 e. The molecule has 0 saturated heterocycles. The molecule has 0 aromatic heterocycles. The summed E-state index contributed by atoms with van der Waals surface area (Å²) in [5, 5.41) is 0. The molecular weight excluding hydrogens is 314 g/mol. The van der Waals surface area contributed by atoms with Gasteiger partial charge in [0.25, 0.3) is 0 Å². The lowest BCUT2D eigenvalue weighted by atomic mass is 9.78. The number of hydrogen-bond acceptors (Lipinski definition) is 1. The molecule has 0 spiro atoms. The molecule has 0 saturated carbocycles. The van der Waals surface area contributed by atoms with Gasteiger partial charge in [0.2, 0.25) is 0 Å². The van der Waals surface area contributed by atoms with Crippen LogP contribution in [0.15, 0.2) is 78.9 Å². The molecule has 134 valence electrons. The molecule has 26 heavy (non-hydrogen) atoms. The van der Waals surface area contributed by atoms with Crippen molar-refractivity contribution in [2.24, 2.45) is 0 Å². The highest BCUT2D eigenvalue weighted by atomic mass is 15.1. The molecule has 0 aliphatic heterocycles. The number of benzene rings is 3. The summed E-state index contributed by atoms with van der Waals surface area (Å²) in [6.07, 6.45) is 2.31. The molecule has 0 aliphatic rings. The van der Waals surface area contributed by atoms with Crippen molar-refractivity contribution in [3.63, 3.8) is 0 Å². The van der Waals surface area contributed by atoms with Crippen LogP contribution in [-0.4, -0.2) is 0 Å². The standard InChI is InChI=1S/C25H29N/c1-5-25(4,6-2)21-14-18-24(19-15-21)26(22-10-8-7-9-11-22)23-16-12-20(3)13-17-23/h7-19H,5-6H2,1-4H3.